The number of nitrogens with one attached hydrogen (secondary N) is 1. The Morgan fingerprint density at radius 3 is 2.64 bits per heavy atom. The number of hydrogen-bond donors (Lipinski definition) is 1. The number of carbonyl (C=O) groups is 1. The molecule has 0 radical (unpaired) electrons. The summed E-state index contributed by atoms with van der Waals surface area (Å²) in [5, 5.41) is 11.6. The van der Waals surface area contributed by atoms with Crippen LogP contribution in [-0.4, -0.2) is 39.2 Å². The fourth-order valence-electron chi connectivity index (χ4n) is 4.44. The molecule has 132 valence electrons. The van der Waals surface area contributed by atoms with Crippen LogP contribution in [0.1, 0.15) is 53.8 Å². The first-order valence-corrected chi connectivity index (χ1v) is 8.83. The van der Waals surface area contributed by atoms with Crippen LogP contribution in [0.5, 0.6) is 0 Å². The molecule has 0 saturated heterocycles. The van der Waals surface area contributed by atoms with Gasteiger partial charge in [0.15, 0.2) is 5.69 Å². The van der Waals surface area contributed by atoms with Crippen LogP contribution in [0.25, 0.3) is 5.69 Å². The van der Waals surface area contributed by atoms with Gasteiger partial charge >= 0.3 is 0 Å². The van der Waals surface area contributed by atoms with Crippen molar-refractivity contribution in [3.63, 3.8) is 0 Å². The lowest BCUT2D eigenvalue weighted by Crippen LogP contribution is -2.45. The van der Waals surface area contributed by atoms with Crippen molar-refractivity contribution in [3.8, 4) is 5.69 Å². The standard InChI is InChI=1S/C19H24N4O2/c1-13-5-4-6-15(11-13)23-14(2)16(21-22-23)17(24)20-18-7-9-19(12-18,25-3)10-8-18/h4-6,11H,7-10,12H2,1-3H3,(H,20,24). The van der Waals surface area contributed by atoms with E-state index >= 15 is 0 Å². The van der Waals surface area contributed by atoms with Gasteiger partial charge in [-0.05, 0) is 63.6 Å². The van der Waals surface area contributed by atoms with Gasteiger partial charge in [0.25, 0.3) is 5.91 Å². The van der Waals surface area contributed by atoms with E-state index in [0.717, 1.165) is 49.0 Å². The number of amides is 1. The number of ether oxygens (including phenoxy) is 1. The highest BCUT2D eigenvalue weighted by Gasteiger charge is 2.55. The lowest BCUT2D eigenvalue weighted by Gasteiger charge is -2.27. The summed E-state index contributed by atoms with van der Waals surface area (Å²) in [6, 6.07) is 8.01. The fraction of sp³-hybridized carbons (Fsp3) is 0.526. The summed E-state index contributed by atoms with van der Waals surface area (Å²) >= 11 is 0. The highest BCUT2D eigenvalue weighted by Crippen LogP contribution is 2.52. The smallest absolute Gasteiger partial charge is 0.274 e. The van der Waals surface area contributed by atoms with Crippen LogP contribution in [0, 0.1) is 13.8 Å². The van der Waals surface area contributed by atoms with Crippen molar-refractivity contribution in [1.82, 2.24) is 20.3 Å². The Balaban J connectivity index is 1.56. The Morgan fingerprint density at radius 2 is 2.00 bits per heavy atom. The van der Waals surface area contributed by atoms with Gasteiger partial charge in [-0.2, -0.15) is 0 Å². The average Bonchev–Trinajstić information content (AvgIpc) is 3.26. The van der Waals surface area contributed by atoms with Crippen molar-refractivity contribution in [2.45, 2.75) is 57.1 Å². The van der Waals surface area contributed by atoms with Crippen LogP contribution in [0.3, 0.4) is 0 Å². The molecule has 0 aliphatic heterocycles. The summed E-state index contributed by atoms with van der Waals surface area (Å²) in [4.78, 5) is 12.8. The molecule has 2 aromatic rings. The third-order valence-electron chi connectivity index (χ3n) is 5.95. The van der Waals surface area contributed by atoms with Gasteiger partial charge < -0.3 is 10.1 Å². The maximum Gasteiger partial charge on any atom is 0.274 e. The molecule has 1 aromatic carbocycles. The molecule has 1 amide bonds. The average molecular weight is 340 g/mol. The molecule has 1 N–H and O–H groups in total. The maximum atomic E-state index is 12.8. The SMILES string of the molecule is COC12CCC(NC(=O)c3nnn(-c4cccc(C)c4)c3C)(CC1)C2. The third-order valence-corrected chi connectivity index (χ3v) is 5.95. The molecular weight excluding hydrogens is 316 g/mol. The van der Waals surface area contributed by atoms with Gasteiger partial charge in [-0.25, -0.2) is 4.68 Å². The van der Waals surface area contributed by atoms with Crippen LogP contribution >= 0.6 is 0 Å². The Hall–Kier alpha value is -2.21. The number of nitrogens with zero attached hydrogens (tertiary/aromatic N) is 3. The molecule has 4 rings (SSSR count). The van der Waals surface area contributed by atoms with E-state index in [2.05, 4.69) is 15.6 Å². The second-order valence-corrected chi connectivity index (χ2v) is 7.57. The molecule has 0 unspecified atom stereocenters. The molecule has 25 heavy (non-hydrogen) atoms. The molecule has 1 heterocycles. The van der Waals surface area contributed by atoms with E-state index in [4.69, 9.17) is 4.74 Å². The number of aromatic nitrogens is 3. The van der Waals surface area contributed by atoms with Crippen molar-refractivity contribution in [3.05, 3.63) is 41.2 Å². The first-order valence-electron chi connectivity index (χ1n) is 8.83. The second-order valence-electron chi connectivity index (χ2n) is 7.57. The summed E-state index contributed by atoms with van der Waals surface area (Å²) in [7, 11) is 1.78. The summed E-state index contributed by atoms with van der Waals surface area (Å²) < 4.78 is 7.44. The molecule has 6 heteroatoms. The molecule has 0 spiro atoms. The highest BCUT2D eigenvalue weighted by molar-refractivity contribution is 5.94. The van der Waals surface area contributed by atoms with Gasteiger partial charge in [0.2, 0.25) is 0 Å². The van der Waals surface area contributed by atoms with Gasteiger partial charge in [-0.15, -0.1) is 5.10 Å². The van der Waals surface area contributed by atoms with Crippen molar-refractivity contribution < 1.29 is 9.53 Å². The minimum absolute atomic E-state index is 0.0402. The molecule has 1 aromatic heterocycles. The van der Waals surface area contributed by atoms with Crippen molar-refractivity contribution >= 4 is 5.91 Å². The first-order chi connectivity index (χ1) is 12.0. The van der Waals surface area contributed by atoms with Gasteiger partial charge in [0.05, 0.1) is 17.0 Å². The van der Waals surface area contributed by atoms with E-state index in [1.165, 1.54) is 0 Å². The van der Waals surface area contributed by atoms with Crippen LogP contribution < -0.4 is 5.32 Å². The van der Waals surface area contributed by atoms with Crippen molar-refractivity contribution in [2.75, 3.05) is 7.11 Å². The van der Waals surface area contributed by atoms with Gasteiger partial charge in [0.1, 0.15) is 0 Å². The van der Waals surface area contributed by atoms with E-state index in [1.807, 2.05) is 38.1 Å². The summed E-state index contributed by atoms with van der Waals surface area (Å²) in [5.74, 6) is -0.134. The molecular formula is C19H24N4O2. The Morgan fingerprint density at radius 1 is 1.24 bits per heavy atom. The second kappa shape index (κ2) is 5.66. The third kappa shape index (κ3) is 2.65. The fourth-order valence-corrected chi connectivity index (χ4v) is 4.44. The predicted molar refractivity (Wildman–Crippen MR) is 93.9 cm³/mol. The number of methoxy groups -OCH3 is 1. The summed E-state index contributed by atoms with van der Waals surface area (Å²) in [6.45, 7) is 3.92. The molecule has 2 saturated carbocycles. The monoisotopic (exact) mass is 340 g/mol. The van der Waals surface area contributed by atoms with Gasteiger partial charge in [0, 0.05) is 12.6 Å². The van der Waals surface area contributed by atoms with E-state index in [0.29, 0.717) is 5.69 Å². The normalized spacial score (nSPS) is 27.6. The number of rotatable bonds is 4. The van der Waals surface area contributed by atoms with Crippen LogP contribution in [0.15, 0.2) is 24.3 Å². The minimum atomic E-state index is -0.146. The Labute approximate surface area is 147 Å². The van der Waals surface area contributed by atoms with Gasteiger partial charge in [-0.1, -0.05) is 17.3 Å². The van der Waals surface area contributed by atoms with Crippen molar-refractivity contribution in [2.24, 2.45) is 0 Å². The summed E-state index contributed by atoms with van der Waals surface area (Å²) in [6.07, 6.45) is 4.86. The van der Waals surface area contributed by atoms with E-state index in [1.54, 1.807) is 11.8 Å². The maximum absolute atomic E-state index is 12.8. The van der Waals surface area contributed by atoms with Gasteiger partial charge in [-0.3, -0.25) is 4.79 Å². The molecule has 2 aliphatic carbocycles. The quantitative estimate of drug-likeness (QED) is 0.929. The molecule has 2 aliphatic rings. The number of fused-ring (bicyclic) bond motifs is 2. The Kier molecular flexibility index (Phi) is 3.68. The molecule has 2 fully saturated rings. The van der Waals surface area contributed by atoms with E-state index < -0.39 is 0 Å². The van der Waals surface area contributed by atoms with Crippen LogP contribution in [0.2, 0.25) is 0 Å². The number of carbonyl (C=O) groups excluding carboxylic acids is 1. The zero-order valence-corrected chi connectivity index (χ0v) is 15.0. The molecule has 0 atom stereocenters. The summed E-state index contributed by atoms with van der Waals surface area (Å²) in [5.41, 5.74) is 3.03. The number of benzene rings is 1. The lowest BCUT2D eigenvalue weighted by atomic mass is 9.92. The predicted octanol–water partition coefficient (Wildman–Crippen LogP) is 2.72. The highest BCUT2D eigenvalue weighted by atomic mass is 16.5. The van der Waals surface area contributed by atoms with E-state index in [9.17, 15) is 4.79 Å². The molecule has 6 nitrogen and oxygen atoms in total. The molecule has 2 bridgehead atoms. The van der Waals surface area contributed by atoms with Crippen molar-refractivity contribution in [1.29, 1.82) is 0 Å². The lowest BCUT2D eigenvalue weighted by molar-refractivity contribution is -0.000309. The topological polar surface area (TPSA) is 69.0 Å². The van der Waals surface area contributed by atoms with Crippen LogP contribution in [-0.2, 0) is 4.74 Å². The Bertz CT molecular complexity index is 819. The number of hydrogen-bond acceptors (Lipinski definition) is 4. The largest absolute Gasteiger partial charge is 0.378 e. The van der Waals surface area contributed by atoms with Crippen LogP contribution in [0.4, 0.5) is 0 Å². The van der Waals surface area contributed by atoms with E-state index in [-0.39, 0.29) is 17.0 Å². The number of aryl methyl sites for hydroxylation is 1. The zero-order chi connectivity index (χ0) is 17.7. The minimum Gasteiger partial charge on any atom is -0.378 e. The zero-order valence-electron chi connectivity index (χ0n) is 15.0. The first kappa shape index (κ1) is 16.3.